The van der Waals surface area contributed by atoms with Crippen molar-refractivity contribution in [3.63, 3.8) is 0 Å². The van der Waals surface area contributed by atoms with Gasteiger partial charge < -0.3 is 5.32 Å². The molecular weight excluding hydrogens is 372 g/mol. The van der Waals surface area contributed by atoms with Crippen LogP contribution in [0, 0.1) is 11.3 Å². The molecule has 1 N–H and O–H groups in total. The van der Waals surface area contributed by atoms with E-state index >= 15 is 0 Å². The zero-order valence-electron chi connectivity index (χ0n) is 12.8. The van der Waals surface area contributed by atoms with E-state index in [0.29, 0.717) is 17.1 Å². The first kappa shape index (κ1) is 17.6. The van der Waals surface area contributed by atoms with Crippen molar-refractivity contribution in [2.45, 2.75) is 18.7 Å². The first-order valence-corrected chi connectivity index (χ1v) is 9.16. The number of halogens is 1. The van der Waals surface area contributed by atoms with Crippen molar-refractivity contribution in [2.24, 2.45) is 0 Å². The quantitative estimate of drug-likeness (QED) is 0.795. The van der Waals surface area contributed by atoms with E-state index in [1.807, 2.05) is 49.4 Å². The number of rotatable bonds is 6. The van der Waals surface area contributed by atoms with E-state index in [2.05, 4.69) is 27.3 Å². The summed E-state index contributed by atoms with van der Waals surface area (Å²) in [5, 5.41) is 12.1. The number of nitriles is 1. The molecule has 1 amide bonds. The van der Waals surface area contributed by atoms with Crippen molar-refractivity contribution < 1.29 is 4.79 Å². The third kappa shape index (κ3) is 5.12. The summed E-state index contributed by atoms with van der Waals surface area (Å²) < 4.78 is 0.989. The number of benzene rings is 2. The molecule has 0 bridgehead atoms. The van der Waals surface area contributed by atoms with Gasteiger partial charge in [0.25, 0.3) is 0 Å². The van der Waals surface area contributed by atoms with Crippen LogP contribution in [0.4, 0.5) is 0 Å². The highest BCUT2D eigenvalue weighted by Gasteiger charge is 2.12. The Morgan fingerprint density at radius 1 is 1.26 bits per heavy atom. The molecule has 5 heteroatoms. The van der Waals surface area contributed by atoms with Gasteiger partial charge in [-0.1, -0.05) is 52.3 Å². The largest absolute Gasteiger partial charge is 0.349 e. The van der Waals surface area contributed by atoms with Gasteiger partial charge in [-0.15, -0.1) is 11.8 Å². The van der Waals surface area contributed by atoms with E-state index in [1.54, 1.807) is 6.07 Å². The molecule has 0 fully saturated rings. The Labute approximate surface area is 149 Å². The van der Waals surface area contributed by atoms with Crippen LogP contribution in [0.25, 0.3) is 0 Å². The van der Waals surface area contributed by atoms with Crippen LogP contribution in [-0.4, -0.2) is 11.7 Å². The summed E-state index contributed by atoms with van der Waals surface area (Å²) in [6, 6.07) is 17.5. The molecule has 0 aromatic heterocycles. The summed E-state index contributed by atoms with van der Waals surface area (Å²) in [6.45, 7) is 1.97. The molecule has 0 radical (unpaired) electrons. The van der Waals surface area contributed by atoms with Gasteiger partial charge >= 0.3 is 0 Å². The number of amides is 1. The van der Waals surface area contributed by atoms with Gasteiger partial charge in [0.2, 0.25) is 5.91 Å². The number of carbonyl (C=O) groups is 1. The standard InChI is InChI=1S/C18H17BrN2OS/c1-13(16-8-4-5-9-17(16)19)21-18(22)12-23-11-15-7-3-2-6-14(15)10-20/h2-9,13H,11-12H2,1H3,(H,21,22)/t13-/m0/s1. The van der Waals surface area contributed by atoms with E-state index in [-0.39, 0.29) is 11.9 Å². The van der Waals surface area contributed by atoms with Crippen LogP contribution >= 0.6 is 27.7 Å². The van der Waals surface area contributed by atoms with Gasteiger partial charge in [-0.3, -0.25) is 4.79 Å². The van der Waals surface area contributed by atoms with Crippen molar-refractivity contribution in [3.8, 4) is 6.07 Å². The Hall–Kier alpha value is -1.77. The highest BCUT2D eigenvalue weighted by Crippen LogP contribution is 2.23. The summed E-state index contributed by atoms with van der Waals surface area (Å²) in [6.07, 6.45) is 0. The molecule has 0 aliphatic carbocycles. The van der Waals surface area contributed by atoms with Crippen molar-refractivity contribution in [2.75, 3.05) is 5.75 Å². The summed E-state index contributed by atoms with van der Waals surface area (Å²) in [7, 11) is 0. The monoisotopic (exact) mass is 388 g/mol. The van der Waals surface area contributed by atoms with Crippen LogP contribution in [0.1, 0.15) is 29.7 Å². The minimum atomic E-state index is -0.0509. The van der Waals surface area contributed by atoms with Gasteiger partial charge in [-0.2, -0.15) is 5.26 Å². The maximum atomic E-state index is 12.1. The Morgan fingerprint density at radius 3 is 2.70 bits per heavy atom. The van der Waals surface area contributed by atoms with Crippen molar-refractivity contribution in [1.82, 2.24) is 5.32 Å². The number of hydrogen-bond acceptors (Lipinski definition) is 3. The molecule has 0 aliphatic rings. The second-order valence-corrected chi connectivity index (χ2v) is 6.91. The SMILES string of the molecule is C[C@H](NC(=O)CSCc1ccccc1C#N)c1ccccc1Br. The first-order valence-electron chi connectivity index (χ1n) is 7.21. The van der Waals surface area contributed by atoms with E-state index in [4.69, 9.17) is 5.26 Å². The lowest BCUT2D eigenvalue weighted by molar-refractivity contribution is -0.119. The van der Waals surface area contributed by atoms with Crippen LogP contribution in [0.3, 0.4) is 0 Å². The summed E-state index contributed by atoms with van der Waals surface area (Å²) in [4.78, 5) is 12.1. The lowest BCUT2D eigenvalue weighted by atomic mass is 10.1. The number of carbonyl (C=O) groups excluding carboxylic acids is 1. The number of nitrogens with one attached hydrogen (secondary N) is 1. The fourth-order valence-corrected chi connectivity index (χ4v) is 3.67. The fourth-order valence-electron chi connectivity index (χ4n) is 2.20. The lowest BCUT2D eigenvalue weighted by Crippen LogP contribution is -2.28. The minimum Gasteiger partial charge on any atom is -0.349 e. The summed E-state index contributed by atoms with van der Waals surface area (Å²) >= 11 is 5.01. The van der Waals surface area contributed by atoms with Crippen LogP contribution in [-0.2, 0) is 10.5 Å². The second-order valence-electron chi connectivity index (χ2n) is 5.07. The first-order chi connectivity index (χ1) is 11.1. The molecule has 2 aromatic carbocycles. The maximum absolute atomic E-state index is 12.1. The Bertz CT molecular complexity index is 727. The van der Waals surface area contributed by atoms with Crippen molar-refractivity contribution >= 4 is 33.6 Å². The zero-order chi connectivity index (χ0) is 16.7. The van der Waals surface area contributed by atoms with Crippen molar-refractivity contribution in [1.29, 1.82) is 5.26 Å². The molecule has 118 valence electrons. The molecule has 0 saturated carbocycles. The number of thioether (sulfide) groups is 1. The Kier molecular flexibility index (Phi) is 6.69. The highest BCUT2D eigenvalue weighted by atomic mass is 79.9. The van der Waals surface area contributed by atoms with E-state index in [1.165, 1.54) is 11.8 Å². The van der Waals surface area contributed by atoms with Gasteiger partial charge in [-0.25, -0.2) is 0 Å². The smallest absolute Gasteiger partial charge is 0.230 e. The Morgan fingerprint density at radius 2 is 1.96 bits per heavy atom. The fraction of sp³-hybridized carbons (Fsp3) is 0.222. The van der Waals surface area contributed by atoms with Crippen LogP contribution in [0.5, 0.6) is 0 Å². The third-order valence-corrected chi connectivity index (χ3v) is 5.08. The molecule has 2 aromatic rings. The Balaban J connectivity index is 1.84. The van der Waals surface area contributed by atoms with Gasteiger partial charge in [0.15, 0.2) is 0 Å². The van der Waals surface area contributed by atoms with Gasteiger partial charge in [-0.05, 0) is 30.2 Å². The second kappa shape index (κ2) is 8.76. The van der Waals surface area contributed by atoms with Gasteiger partial charge in [0, 0.05) is 10.2 Å². The predicted molar refractivity (Wildman–Crippen MR) is 98.0 cm³/mol. The molecule has 2 rings (SSSR count). The summed E-state index contributed by atoms with van der Waals surface area (Å²) in [5.41, 5.74) is 2.69. The normalized spacial score (nSPS) is 11.5. The number of hydrogen-bond donors (Lipinski definition) is 1. The average molecular weight is 389 g/mol. The molecule has 0 spiro atoms. The zero-order valence-corrected chi connectivity index (χ0v) is 15.2. The third-order valence-electron chi connectivity index (χ3n) is 3.38. The molecule has 3 nitrogen and oxygen atoms in total. The molecule has 0 saturated heterocycles. The van der Waals surface area contributed by atoms with Crippen LogP contribution in [0.15, 0.2) is 53.0 Å². The average Bonchev–Trinajstić information content (AvgIpc) is 2.55. The topological polar surface area (TPSA) is 52.9 Å². The highest BCUT2D eigenvalue weighted by molar-refractivity contribution is 9.10. The van der Waals surface area contributed by atoms with E-state index < -0.39 is 0 Å². The van der Waals surface area contributed by atoms with Gasteiger partial charge in [0.1, 0.15) is 0 Å². The summed E-state index contributed by atoms with van der Waals surface area (Å²) in [5.74, 6) is 1.02. The van der Waals surface area contributed by atoms with E-state index in [0.717, 1.165) is 15.6 Å². The molecular formula is C18H17BrN2OS. The van der Waals surface area contributed by atoms with Crippen molar-refractivity contribution in [3.05, 3.63) is 69.7 Å². The van der Waals surface area contributed by atoms with Crippen LogP contribution < -0.4 is 5.32 Å². The molecule has 0 aliphatic heterocycles. The number of nitrogens with zero attached hydrogens (tertiary/aromatic N) is 1. The lowest BCUT2D eigenvalue weighted by Gasteiger charge is -2.15. The molecule has 23 heavy (non-hydrogen) atoms. The minimum absolute atomic E-state index is 0.00677. The predicted octanol–water partition coefficient (Wildman–Crippen LogP) is 4.43. The molecule has 0 unspecified atom stereocenters. The van der Waals surface area contributed by atoms with Crippen LogP contribution in [0.2, 0.25) is 0 Å². The maximum Gasteiger partial charge on any atom is 0.230 e. The van der Waals surface area contributed by atoms with Gasteiger partial charge in [0.05, 0.1) is 23.4 Å². The van der Waals surface area contributed by atoms with E-state index in [9.17, 15) is 4.79 Å². The molecule has 0 heterocycles. The molecule has 1 atom stereocenters.